The highest BCUT2D eigenvalue weighted by atomic mass is 35.5. The summed E-state index contributed by atoms with van der Waals surface area (Å²) in [5.74, 6) is -0.882. The van der Waals surface area contributed by atoms with Gasteiger partial charge in [0.15, 0.2) is 0 Å². The molecule has 1 N–H and O–H groups in total. The maximum Gasteiger partial charge on any atom is 0.264 e. The van der Waals surface area contributed by atoms with Gasteiger partial charge in [-0.05, 0) is 67.3 Å². The summed E-state index contributed by atoms with van der Waals surface area (Å²) in [6.07, 6.45) is 0.934. The van der Waals surface area contributed by atoms with Gasteiger partial charge in [-0.15, -0.1) is 0 Å². The van der Waals surface area contributed by atoms with E-state index in [9.17, 15) is 18.0 Å². The molecule has 0 aromatic heterocycles. The van der Waals surface area contributed by atoms with Crippen molar-refractivity contribution >= 4 is 50.7 Å². The Balaban J connectivity index is 1.83. The lowest BCUT2D eigenvalue weighted by molar-refractivity contribution is -0.140. The Hall–Kier alpha value is -3.85. The highest BCUT2D eigenvalue weighted by molar-refractivity contribution is 7.92. The van der Waals surface area contributed by atoms with Crippen LogP contribution in [0.1, 0.15) is 37.0 Å². The Labute approximate surface area is 275 Å². The Morgan fingerprint density at radius 1 is 0.844 bits per heavy atom. The summed E-state index contributed by atoms with van der Waals surface area (Å²) in [4.78, 5) is 30.0. The fraction of sp³-hybridized carbons (Fsp3) is 0.257. The van der Waals surface area contributed by atoms with Crippen molar-refractivity contribution in [1.82, 2.24) is 10.2 Å². The summed E-state index contributed by atoms with van der Waals surface area (Å²) in [6.45, 7) is 5.30. The number of carbonyl (C=O) groups is 2. The zero-order chi connectivity index (χ0) is 32.6. The molecule has 45 heavy (non-hydrogen) atoms. The molecule has 0 aliphatic rings. The fourth-order valence-corrected chi connectivity index (χ4v) is 6.83. The summed E-state index contributed by atoms with van der Waals surface area (Å²) in [6, 6.07) is 28.2. The van der Waals surface area contributed by atoms with Gasteiger partial charge in [-0.2, -0.15) is 0 Å². The predicted molar refractivity (Wildman–Crippen MR) is 181 cm³/mol. The monoisotopic (exact) mass is 665 g/mol. The van der Waals surface area contributed by atoms with Crippen LogP contribution in [-0.2, 0) is 32.6 Å². The number of anilines is 1. The van der Waals surface area contributed by atoms with E-state index in [-0.39, 0.29) is 45.5 Å². The van der Waals surface area contributed by atoms with E-state index in [1.807, 2.05) is 75.4 Å². The number of benzene rings is 4. The minimum absolute atomic E-state index is 0.00491. The van der Waals surface area contributed by atoms with E-state index in [4.69, 9.17) is 23.2 Å². The van der Waals surface area contributed by atoms with Crippen LogP contribution in [0.2, 0.25) is 10.0 Å². The Morgan fingerprint density at radius 3 is 2.02 bits per heavy atom. The maximum absolute atomic E-state index is 14.6. The quantitative estimate of drug-likeness (QED) is 0.166. The van der Waals surface area contributed by atoms with Gasteiger partial charge in [0.25, 0.3) is 10.0 Å². The van der Waals surface area contributed by atoms with Crippen molar-refractivity contribution < 1.29 is 18.0 Å². The second-order valence-electron chi connectivity index (χ2n) is 10.9. The molecule has 7 nitrogen and oxygen atoms in total. The molecular weight excluding hydrogens is 629 g/mol. The zero-order valence-corrected chi connectivity index (χ0v) is 27.8. The summed E-state index contributed by atoms with van der Waals surface area (Å²) in [7, 11) is -4.26. The molecule has 4 aromatic rings. The van der Waals surface area contributed by atoms with E-state index in [0.717, 1.165) is 21.0 Å². The van der Waals surface area contributed by atoms with Crippen molar-refractivity contribution in [2.45, 2.75) is 57.1 Å². The molecule has 0 heterocycles. The molecule has 0 fully saturated rings. The topological polar surface area (TPSA) is 86.8 Å². The Morgan fingerprint density at radius 2 is 1.42 bits per heavy atom. The van der Waals surface area contributed by atoms with Crippen LogP contribution in [0.25, 0.3) is 0 Å². The fourth-order valence-electron chi connectivity index (χ4n) is 4.90. The van der Waals surface area contributed by atoms with Gasteiger partial charge in [0.05, 0.1) is 10.6 Å². The third kappa shape index (κ3) is 8.87. The molecule has 0 saturated carbocycles. The van der Waals surface area contributed by atoms with Crippen LogP contribution in [0.15, 0.2) is 108 Å². The number of sulfonamides is 1. The van der Waals surface area contributed by atoms with Gasteiger partial charge in [0.2, 0.25) is 11.8 Å². The largest absolute Gasteiger partial charge is 0.352 e. The first-order valence-electron chi connectivity index (χ1n) is 14.7. The second-order valence-corrected chi connectivity index (χ2v) is 13.7. The van der Waals surface area contributed by atoms with Crippen LogP contribution in [0.5, 0.6) is 0 Å². The molecule has 0 spiro atoms. The first-order valence-corrected chi connectivity index (χ1v) is 16.9. The van der Waals surface area contributed by atoms with Crippen LogP contribution in [0.3, 0.4) is 0 Å². The summed E-state index contributed by atoms with van der Waals surface area (Å²) >= 11 is 12.6. The zero-order valence-electron chi connectivity index (χ0n) is 25.5. The molecule has 0 radical (unpaired) electrons. The van der Waals surface area contributed by atoms with Crippen LogP contribution in [-0.4, -0.2) is 43.8 Å². The van der Waals surface area contributed by atoms with E-state index in [1.54, 1.807) is 18.2 Å². The summed E-state index contributed by atoms with van der Waals surface area (Å²) in [5.41, 5.74) is 2.76. The molecular formula is C35H37Cl2N3O4S. The molecule has 4 aromatic carbocycles. The van der Waals surface area contributed by atoms with E-state index in [0.29, 0.717) is 6.42 Å². The van der Waals surface area contributed by atoms with Gasteiger partial charge in [-0.3, -0.25) is 13.9 Å². The molecule has 2 atom stereocenters. The minimum atomic E-state index is -4.26. The standard InChI is InChI=1S/C35H37Cl2N3O4S/c1-4-26(3)38-35(42)33(19-27-14-7-5-8-15-27)39(23-28-16-12-11-13-25(28)2)34(41)24-40(31-21-29(36)20-30(37)22-31)45(43,44)32-17-9-6-10-18-32/h5-18,20-22,26,33H,4,19,23-24H2,1-3H3,(H,38,42). The lowest BCUT2D eigenvalue weighted by Gasteiger charge is -2.34. The summed E-state index contributed by atoms with van der Waals surface area (Å²) in [5, 5.41) is 3.47. The van der Waals surface area contributed by atoms with Crippen LogP contribution >= 0.6 is 23.2 Å². The molecule has 10 heteroatoms. The van der Waals surface area contributed by atoms with Gasteiger partial charge >= 0.3 is 0 Å². The predicted octanol–water partition coefficient (Wildman–Crippen LogP) is 7.05. The van der Waals surface area contributed by atoms with Crippen molar-refractivity contribution in [2.24, 2.45) is 0 Å². The highest BCUT2D eigenvalue weighted by Gasteiger charge is 2.35. The Bertz CT molecular complexity index is 1700. The van der Waals surface area contributed by atoms with Gasteiger partial charge in [-0.1, -0.05) is 103 Å². The molecule has 0 saturated heterocycles. The highest BCUT2D eigenvalue weighted by Crippen LogP contribution is 2.30. The lowest BCUT2D eigenvalue weighted by atomic mass is 10.0. The number of nitrogens with zero attached hydrogens (tertiary/aromatic N) is 2. The number of hydrogen-bond acceptors (Lipinski definition) is 4. The first-order chi connectivity index (χ1) is 21.5. The first kappa shape index (κ1) is 34.0. The normalized spacial score (nSPS) is 12.6. The number of nitrogens with one attached hydrogen (secondary N) is 1. The number of halogens is 2. The number of rotatable bonds is 13. The van der Waals surface area contributed by atoms with E-state index >= 15 is 0 Å². The SMILES string of the molecule is CCC(C)NC(=O)C(Cc1ccccc1)N(Cc1ccccc1C)C(=O)CN(c1cc(Cl)cc(Cl)c1)S(=O)(=O)c1ccccc1. The average molecular weight is 667 g/mol. The minimum Gasteiger partial charge on any atom is -0.352 e. The molecule has 236 valence electrons. The van der Waals surface area contributed by atoms with Gasteiger partial charge in [0.1, 0.15) is 12.6 Å². The van der Waals surface area contributed by atoms with Crippen molar-refractivity contribution in [1.29, 1.82) is 0 Å². The lowest BCUT2D eigenvalue weighted by Crippen LogP contribution is -2.54. The van der Waals surface area contributed by atoms with Crippen LogP contribution in [0, 0.1) is 6.92 Å². The Kier molecular flexibility index (Phi) is 11.7. The van der Waals surface area contributed by atoms with Gasteiger partial charge < -0.3 is 10.2 Å². The number of hydrogen-bond donors (Lipinski definition) is 1. The van der Waals surface area contributed by atoms with E-state index in [1.165, 1.54) is 35.2 Å². The number of amides is 2. The third-order valence-corrected chi connectivity index (χ3v) is 9.84. The van der Waals surface area contributed by atoms with Gasteiger partial charge in [-0.25, -0.2) is 8.42 Å². The third-order valence-electron chi connectivity index (χ3n) is 7.62. The molecule has 0 bridgehead atoms. The molecule has 2 unspecified atom stereocenters. The molecule has 4 rings (SSSR count). The van der Waals surface area contributed by atoms with Crippen LogP contribution < -0.4 is 9.62 Å². The maximum atomic E-state index is 14.6. The number of aryl methyl sites for hydroxylation is 1. The summed E-state index contributed by atoms with van der Waals surface area (Å²) < 4.78 is 29.2. The average Bonchev–Trinajstić information content (AvgIpc) is 3.02. The van der Waals surface area contributed by atoms with Crippen molar-refractivity contribution in [3.63, 3.8) is 0 Å². The van der Waals surface area contributed by atoms with Crippen molar-refractivity contribution in [2.75, 3.05) is 10.8 Å². The van der Waals surface area contributed by atoms with Crippen LogP contribution in [0.4, 0.5) is 5.69 Å². The van der Waals surface area contributed by atoms with E-state index < -0.39 is 28.5 Å². The smallest absolute Gasteiger partial charge is 0.264 e. The van der Waals surface area contributed by atoms with Gasteiger partial charge in [0, 0.05) is 29.1 Å². The number of carbonyl (C=O) groups excluding carboxylic acids is 2. The second kappa shape index (κ2) is 15.4. The van der Waals surface area contributed by atoms with Crippen molar-refractivity contribution in [3.05, 3.63) is 130 Å². The van der Waals surface area contributed by atoms with E-state index in [2.05, 4.69) is 5.32 Å². The van der Waals surface area contributed by atoms with Crippen molar-refractivity contribution in [3.8, 4) is 0 Å². The molecule has 0 aliphatic heterocycles. The molecule has 0 aliphatic carbocycles. The molecule has 2 amide bonds.